The number of carbonyl (C=O) groups excluding carboxylic acids is 1. The predicted molar refractivity (Wildman–Crippen MR) is 57.6 cm³/mol. The van der Waals surface area contributed by atoms with Crippen LogP contribution in [0.3, 0.4) is 0 Å². The van der Waals surface area contributed by atoms with E-state index in [4.69, 9.17) is 10.2 Å². The first-order chi connectivity index (χ1) is 7.59. The number of hydrogen-bond donors (Lipinski definition) is 3. The van der Waals surface area contributed by atoms with Crippen molar-refractivity contribution in [2.75, 3.05) is 13.2 Å². The summed E-state index contributed by atoms with van der Waals surface area (Å²) in [5.74, 6) is -0.221. The maximum absolute atomic E-state index is 11.5. The summed E-state index contributed by atoms with van der Waals surface area (Å²) in [4.78, 5) is 11.5. The van der Waals surface area contributed by atoms with E-state index in [1.807, 2.05) is 0 Å². The van der Waals surface area contributed by atoms with E-state index < -0.39 is 5.54 Å². The minimum atomic E-state index is -0.957. The number of nitrogens with one attached hydrogen (secondary N) is 1. The maximum Gasteiger partial charge on any atom is 0.222 e. The van der Waals surface area contributed by atoms with Crippen molar-refractivity contribution in [3.8, 4) is 0 Å². The Labute approximate surface area is 93.9 Å². The number of hydrogen-bond acceptors (Lipinski definition) is 4. The smallest absolute Gasteiger partial charge is 0.222 e. The Kier molecular flexibility index (Phi) is 4.45. The van der Waals surface area contributed by atoms with Crippen molar-refractivity contribution in [2.45, 2.75) is 25.4 Å². The van der Waals surface area contributed by atoms with Crippen LogP contribution in [-0.2, 0) is 11.3 Å². The highest BCUT2D eigenvalue weighted by molar-refractivity contribution is 5.76. The molecule has 90 valence electrons. The second kappa shape index (κ2) is 5.62. The van der Waals surface area contributed by atoms with Crippen molar-refractivity contribution < 1.29 is 15.0 Å². The van der Waals surface area contributed by atoms with E-state index in [0.29, 0.717) is 6.54 Å². The van der Waals surface area contributed by atoms with Crippen molar-refractivity contribution in [1.82, 2.24) is 15.1 Å². The Hall–Kier alpha value is -1.40. The number of amides is 1. The van der Waals surface area contributed by atoms with Gasteiger partial charge in [-0.05, 0) is 13.0 Å². The molecular weight excluding hydrogens is 210 g/mol. The van der Waals surface area contributed by atoms with Crippen LogP contribution in [0.2, 0.25) is 0 Å². The number of carbonyl (C=O) groups is 1. The molecule has 0 fully saturated rings. The van der Waals surface area contributed by atoms with E-state index in [-0.39, 0.29) is 25.5 Å². The van der Waals surface area contributed by atoms with Gasteiger partial charge in [-0.1, -0.05) is 0 Å². The minimum Gasteiger partial charge on any atom is -0.394 e. The number of aliphatic hydroxyl groups excluding tert-OH is 2. The third-order valence-corrected chi connectivity index (χ3v) is 2.27. The van der Waals surface area contributed by atoms with Crippen LogP contribution in [0.1, 0.15) is 13.3 Å². The molecule has 6 nitrogen and oxygen atoms in total. The standard InChI is InChI=1S/C10H17N3O3/c1-10(7-14,8-15)12-9(16)3-6-13-5-2-4-11-13/h2,4-5,14-15H,3,6-8H2,1H3,(H,12,16). The lowest BCUT2D eigenvalue weighted by molar-refractivity contribution is -0.124. The zero-order chi connectivity index (χ0) is 12.0. The lowest BCUT2D eigenvalue weighted by atomic mass is 10.1. The molecular formula is C10H17N3O3. The van der Waals surface area contributed by atoms with Crippen LogP contribution in [0.4, 0.5) is 0 Å². The predicted octanol–water partition coefficient (Wildman–Crippen LogP) is -0.867. The molecule has 1 aromatic heterocycles. The lowest BCUT2D eigenvalue weighted by Crippen LogP contribution is -2.51. The van der Waals surface area contributed by atoms with Crippen LogP contribution >= 0.6 is 0 Å². The normalized spacial score (nSPS) is 11.4. The first kappa shape index (κ1) is 12.7. The Morgan fingerprint density at radius 1 is 1.50 bits per heavy atom. The van der Waals surface area contributed by atoms with Gasteiger partial charge in [-0.3, -0.25) is 9.48 Å². The van der Waals surface area contributed by atoms with Crippen LogP contribution in [0, 0.1) is 0 Å². The molecule has 3 N–H and O–H groups in total. The first-order valence-corrected chi connectivity index (χ1v) is 5.10. The van der Waals surface area contributed by atoms with E-state index in [1.165, 1.54) is 0 Å². The summed E-state index contributed by atoms with van der Waals surface area (Å²) in [5.41, 5.74) is -0.957. The van der Waals surface area contributed by atoms with Gasteiger partial charge in [0.25, 0.3) is 0 Å². The molecule has 0 saturated heterocycles. The van der Waals surface area contributed by atoms with Crippen LogP contribution in [0.25, 0.3) is 0 Å². The van der Waals surface area contributed by atoms with Gasteiger partial charge < -0.3 is 15.5 Å². The third kappa shape index (κ3) is 3.63. The van der Waals surface area contributed by atoms with Crippen molar-refractivity contribution in [1.29, 1.82) is 0 Å². The van der Waals surface area contributed by atoms with Crippen molar-refractivity contribution >= 4 is 5.91 Å². The van der Waals surface area contributed by atoms with Gasteiger partial charge in [0.15, 0.2) is 0 Å². The van der Waals surface area contributed by atoms with Crippen molar-refractivity contribution in [3.05, 3.63) is 18.5 Å². The molecule has 1 amide bonds. The highest BCUT2D eigenvalue weighted by Crippen LogP contribution is 2.01. The maximum atomic E-state index is 11.5. The Bertz CT molecular complexity index is 320. The topological polar surface area (TPSA) is 87.4 Å². The quantitative estimate of drug-likeness (QED) is 0.589. The molecule has 0 saturated carbocycles. The van der Waals surface area contributed by atoms with Gasteiger partial charge in [0, 0.05) is 25.4 Å². The number of nitrogens with zero attached hydrogens (tertiary/aromatic N) is 2. The highest BCUT2D eigenvalue weighted by Gasteiger charge is 2.24. The van der Waals surface area contributed by atoms with E-state index in [0.717, 1.165) is 0 Å². The fraction of sp³-hybridized carbons (Fsp3) is 0.600. The van der Waals surface area contributed by atoms with Crippen LogP contribution in [-0.4, -0.2) is 44.7 Å². The molecule has 0 aliphatic heterocycles. The number of rotatable bonds is 6. The molecule has 1 heterocycles. The van der Waals surface area contributed by atoms with Gasteiger partial charge in [-0.2, -0.15) is 5.10 Å². The Morgan fingerprint density at radius 3 is 2.69 bits per heavy atom. The molecule has 16 heavy (non-hydrogen) atoms. The fourth-order valence-electron chi connectivity index (χ4n) is 1.18. The van der Waals surface area contributed by atoms with Gasteiger partial charge in [0.2, 0.25) is 5.91 Å². The zero-order valence-electron chi connectivity index (χ0n) is 9.26. The molecule has 1 aromatic rings. The highest BCUT2D eigenvalue weighted by atomic mass is 16.3. The average Bonchev–Trinajstić information content (AvgIpc) is 2.79. The summed E-state index contributed by atoms with van der Waals surface area (Å²) in [7, 11) is 0. The minimum absolute atomic E-state index is 0.221. The average molecular weight is 227 g/mol. The second-order valence-electron chi connectivity index (χ2n) is 3.94. The summed E-state index contributed by atoms with van der Waals surface area (Å²) >= 11 is 0. The second-order valence-corrected chi connectivity index (χ2v) is 3.94. The number of aryl methyl sites for hydroxylation is 1. The van der Waals surface area contributed by atoms with Gasteiger partial charge >= 0.3 is 0 Å². The summed E-state index contributed by atoms with van der Waals surface area (Å²) in [5, 5.41) is 24.5. The summed E-state index contributed by atoms with van der Waals surface area (Å²) in [6, 6.07) is 1.78. The molecule has 0 bridgehead atoms. The van der Waals surface area contributed by atoms with Crippen molar-refractivity contribution in [2.24, 2.45) is 0 Å². The molecule has 0 spiro atoms. The molecule has 0 radical (unpaired) electrons. The fourth-order valence-corrected chi connectivity index (χ4v) is 1.18. The Morgan fingerprint density at radius 2 is 2.19 bits per heavy atom. The zero-order valence-corrected chi connectivity index (χ0v) is 9.26. The summed E-state index contributed by atoms with van der Waals surface area (Å²) in [6.07, 6.45) is 3.67. The van der Waals surface area contributed by atoms with E-state index in [1.54, 1.807) is 30.1 Å². The lowest BCUT2D eigenvalue weighted by Gasteiger charge is -2.26. The van der Waals surface area contributed by atoms with E-state index >= 15 is 0 Å². The van der Waals surface area contributed by atoms with Crippen LogP contribution in [0.5, 0.6) is 0 Å². The molecule has 1 rings (SSSR count). The van der Waals surface area contributed by atoms with Gasteiger partial charge in [-0.15, -0.1) is 0 Å². The Balaban J connectivity index is 2.36. The van der Waals surface area contributed by atoms with Gasteiger partial charge in [-0.25, -0.2) is 0 Å². The molecule has 0 unspecified atom stereocenters. The van der Waals surface area contributed by atoms with Crippen LogP contribution in [0.15, 0.2) is 18.5 Å². The molecule has 0 aromatic carbocycles. The molecule has 0 aliphatic rings. The molecule has 6 heteroatoms. The van der Waals surface area contributed by atoms with Crippen molar-refractivity contribution in [3.63, 3.8) is 0 Å². The summed E-state index contributed by atoms with van der Waals surface area (Å²) < 4.78 is 1.65. The first-order valence-electron chi connectivity index (χ1n) is 5.10. The van der Waals surface area contributed by atoms with Gasteiger partial charge in [0.1, 0.15) is 0 Å². The third-order valence-electron chi connectivity index (χ3n) is 2.27. The number of aliphatic hydroxyl groups is 2. The van der Waals surface area contributed by atoms with E-state index in [9.17, 15) is 4.79 Å². The molecule has 0 atom stereocenters. The number of aromatic nitrogens is 2. The summed E-state index contributed by atoms with van der Waals surface area (Å²) in [6.45, 7) is 1.47. The molecule has 0 aliphatic carbocycles. The van der Waals surface area contributed by atoms with Gasteiger partial charge in [0.05, 0.1) is 18.8 Å². The SMILES string of the molecule is CC(CO)(CO)NC(=O)CCn1cccn1. The largest absolute Gasteiger partial charge is 0.394 e. The van der Waals surface area contributed by atoms with Crippen LogP contribution < -0.4 is 5.32 Å². The monoisotopic (exact) mass is 227 g/mol. The van der Waals surface area contributed by atoms with E-state index in [2.05, 4.69) is 10.4 Å².